The fourth-order valence-corrected chi connectivity index (χ4v) is 3.07. The molecular formula is C20H22N2O3. The number of carbonyl (C=O) groups excluding carboxylic acids is 2. The minimum atomic E-state index is -0.229. The molecule has 2 aromatic carbocycles. The Bertz CT molecular complexity index is 788. The van der Waals surface area contributed by atoms with E-state index in [4.69, 9.17) is 4.74 Å². The van der Waals surface area contributed by atoms with Crippen LogP contribution in [-0.2, 0) is 14.3 Å². The Morgan fingerprint density at radius 1 is 1.08 bits per heavy atom. The van der Waals surface area contributed by atoms with Crippen LogP contribution in [0.15, 0.2) is 48.5 Å². The number of hydrogen-bond acceptors (Lipinski definition) is 3. The minimum absolute atomic E-state index is 0.00321. The fraction of sp³-hybridized carbons (Fsp3) is 0.300. The maximum atomic E-state index is 12.5. The van der Waals surface area contributed by atoms with Crippen LogP contribution >= 0.6 is 0 Å². The van der Waals surface area contributed by atoms with Crippen LogP contribution in [0, 0.1) is 12.8 Å². The summed E-state index contributed by atoms with van der Waals surface area (Å²) in [4.78, 5) is 24.1. The molecule has 130 valence electrons. The van der Waals surface area contributed by atoms with Crippen LogP contribution in [0.1, 0.15) is 23.5 Å². The van der Waals surface area contributed by atoms with Gasteiger partial charge in [0.25, 0.3) is 0 Å². The summed E-state index contributed by atoms with van der Waals surface area (Å²) in [5, 5.41) is 5.68. The summed E-state index contributed by atoms with van der Waals surface area (Å²) < 4.78 is 4.79. The van der Waals surface area contributed by atoms with Gasteiger partial charge in [-0.05, 0) is 48.6 Å². The van der Waals surface area contributed by atoms with Gasteiger partial charge in [0.1, 0.15) is 6.61 Å². The number of amides is 2. The quantitative estimate of drug-likeness (QED) is 0.849. The highest BCUT2D eigenvalue weighted by molar-refractivity contribution is 5.97. The summed E-state index contributed by atoms with van der Waals surface area (Å²) in [7, 11) is 1.47. The molecule has 2 N–H and O–H groups in total. The molecule has 2 amide bonds. The lowest BCUT2D eigenvalue weighted by molar-refractivity contribution is -0.119. The van der Waals surface area contributed by atoms with E-state index < -0.39 is 0 Å². The number of aryl methyl sites for hydroxylation is 1. The number of carbonyl (C=O) groups is 2. The van der Waals surface area contributed by atoms with Gasteiger partial charge in [0, 0.05) is 24.4 Å². The third-order valence-corrected chi connectivity index (χ3v) is 4.40. The van der Waals surface area contributed by atoms with Gasteiger partial charge in [-0.25, -0.2) is 0 Å². The Kier molecular flexibility index (Phi) is 5.14. The maximum Gasteiger partial charge on any atom is 0.250 e. The lowest BCUT2D eigenvalue weighted by Crippen LogP contribution is -2.18. The van der Waals surface area contributed by atoms with Crippen LogP contribution in [-0.4, -0.2) is 25.5 Å². The lowest BCUT2D eigenvalue weighted by atomic mass is 10.0. The van der Waals surface area contributed by atoms with Crippen LogP contribution in [0.25, 0.3) is 0 Å². The second-order valence-corrected chi connectivity index (χ2v) is 6.36. The van der Waals surface area contributed by atoms with Gasteiger partial charge < -0.3 is 15.4 Å². The molecule has 0 bridgehead atoms. The molecule has 0 aromatic heterocycles. The number of rotatable bonds is 6. The first-order valence-corrected chi connectivity index (χ1v) is 8.33. The topological polar surface area (TPSA) is 67.4 Å². The van der Waals surface area contributed by atoms with Crippen LogP contribution in [0.5, 0.6) is 0 Å². The molecule has 0 radical (unpaired) electrons. The third kappa shape index (κ3) is 4.25. The molecule has 25 heavy (non-hydrogen) atoms. The van der Waals surface area contributed by atoms with E-state index in [-0.39, 0.29) is 24.3 Å². The maximum absolute atomic E-state index is 12.5. The molecule has 5 heteroatoms. The van der Waals surface area contributed by atoms with Crippen LogP contribution < -0.4 is 10.6 Å². The largest absolute Gasteiger partial charge is 0.375 e. The van der Waals surface area contributed by atoms with E-state index in [1.807, 2.05) is 18.2 Å². The number of nitrogens with one attached hydrogen (secondary N) is 2. The Hall–Kier alpha value is -2.66. The zero-order valence-electron chi connectivity index (χ0n) is 14.4. The van der Waals surface area contributed by atoms with Gasteiger partial charge in [-0.3, -0.25) is 9.59 Å². The molecule has 5 nitrogen and oxygen atoms in total. The van der Waals surface area contributed by atoms with Crippen molar-refractivity contribution in [3.8, 4) is 0 Å². The molecule has 2 aromatic rings. The molecule has 0 heterocycles. The van der Waals surface area contributed by atoms with E-state index in [0.717, 1.165) is 6.42 Å². The summed E-state index contributed by atoms with van der Waals surface area (Å²) in [5.41, 5.74) is 3.79. The summed E-state index contributed by atoms with van der Waals surface area (Å²) in [6.45, 7) is 2.07. The lowest BCUT2D eigenvalue weighted by Gasteiger charge is -2.09. The van der Waals surface area contributed by atoms with Crippen molar-refractivity contribution in [1.82, 2.24) is 0 Å². The summed E-state index contributed by atoms with van der Waals surface area (Å²) in [6, 6.07) is 15.3. The zero-order chi connectivity index (χ0) is 17.8. The zero-order valence-corrected chi connectivity index (χ0v) is 14.4. The predicted molar refractivity (Wildman–Crippen MR) is 97.6 cm³/mol. The van der Waals surface area contributed by atoms with Gasteiger partial charge in [-0.2, -0.15) is 0 Å². The van der Waals surface area contributed by atoms with Gasteiger partial charge in [0.15, 0.2) is 0 Å². The van der Waals surface area contributed by atoms with Crippen LogP contribution in [0.3, 0.4) is 0 Å². The SMILES string of the molecule is COCC(=O)Nc1cccc(NC(=O)C2CC2c2ccccc2C)c1. The van der Waals surface area contributed by atoms with Crippen molar-refractivity contribution in [3.63, 3.8) is 0 Å². The Morgan fingerprint density at radius 2 is 1.80 bits per heavy atom. The van der Waals surface area contributed by atoms with Crippen molar-refractivity contribution < 1.29 is 14.3 Å². The second-order valence-electron chi connectivity index (χ2n) is 6.36. The molecule has 2 atom stereocenters. The molecule has 1 saturated carbocycles. The van der Waals surface area contributed by atoms with E-state index in [0.29, 0.717) is 17.3 Å². The number of hydrogen-bond donors (Lipinski definition) is 2. The number of ether oxygens (including phenoxy) is 1. The van der Waals surface area contributed by atoms with Gasteiger partial charge >= 0.3 is 0 Å². The van der Waals surface area contributed by atoms with E-state index in [1.165, 1.54) is 18.2 Å². The van der Waals surface area contributed by atoms with E-state index >= 15 is 0 Å². The average Bonchev–Trinajstić information content (AvgIpc) is 3.36. The number of benzene rings is 2. The smallest absolute Gasteiger partial charge is 0.250 e. The molecule has 1 aliphatic rings. The highest BCUT2D eigenvalue weighted by Crippen LogP contribution is 2.48. The van der Waals surface area contributed by atoms with Gasteiger partial charge in [-0.1, -0.05) is 30.3 Å². The first-order chi connectivity index (χ1) is 12.1. The Morgan fingerprint density at radius 3 is 2.52 bits per heavy atom. The van der Waals surface area contributed by atoms with Crippen molar-refractivity contribution >= 4 is 23.2 Å². The van der Waals surface area contributed by atoms with E-state index in [1.54, 1.807) is 18.2 Å². The molecule has 0 aliphatic heterocycles. The van der Waals surface area contributed by atoms with Crippen molar-refractivity contribution in [2.75, 3.05) is 24.4 Å². The summed E-state index contributed by atoms with van der Waals surface area (Å²) in [6.07, 6.45) is 0.876. The molecule has 1 fully saturated rings. The van der Waals surface area contributed by atoms with Gasteiger partial charge in [0.2, 0.25) is 11.8 Å². The molecule has 2 unspecified atom stereocenters. The summed E-state index contributed by atoms with van der Waals surface area (Å²) >= 11 is 0. The summed E-state index contributed by atoms with van der Waals surface area (Å²) in [5.74, 6) is 0.0973. The normalized spacial score (nSPS) is 18.5. The van der Waals surface area contributed by atoms with Gasteiger partial charge in [0.05, 0.1) is 0 Å². The highest BCUT2D eigenvalue weighted by Gasteiger charge is 2.44. The van der Waals surface area contributed by atoms with Gasteiger partial charge in [-0.15, -0.1) is 0 Å². The predicted octanol–water partition coefficient (Wildman–Crippen LogP) is 3.32. The molecule has 3 rings (SSSR count). The van der Waals surface area contributed by atoms with Crippen molar-refractivity contribution in [2.45, 2.75) is 19.3 Å². The molecule has 0 saturated heterocycles. The fourth-order valence-electron chi connectivity index (χ4n) is 3.07. The molecule has 0 spiro atoms. The third-order valence-electron chi connectivity index (χ3n) is 4.40. The monoisotopic (exact) mass is 338 g/mol. The average molecular weight is 338 g/mol. The minimum Gasteiger partial charge on any atom is -0.375 e. The van der Waals surface area contributed by atoms with Crippen LogP contribution in [0.2, 0.25) is 0 Å². The second kappa shape index (κ2) is 7.49. The number of methoxy groups -OCH3 is 1. The van der Waals surface area contributed by atoms with E-state index in [9.17, 15) is 9.59 Å². The Labute approximate surface area is 147 Å². The van der Waals surface area contributed by atoms with Crippen LogP contribution in [0.4, 0.5) is 11.4 Å². The van der Waals surface area contributed by atoms with Crippen molar-refractivity contribution in [2.24, 2.45) is 5.92 Å². The Balaban J connectivity index is 1.61. The first-order valence-electron chi connectivity index (χ1n) is 8.33. The van der Waals surface area contributed by atoms with Crippen molar-refractivity contribution in [1.29, 1.82) is 0 Å². The molecule has 1 aliphatic carbocycles. The number of anilines is 2. The first kappa shape index (κ1) is 17.2. The molecular weight excluding hydrogens is 316 g/mol. The van der Waals surface area contributed by atoms with Crippen molar-refractivity contribution in [3.05, 3.63) is 59.7 Å². The van der Waals surface area contributed by atoms with E-state index in [2.05, 4.69) is 29.7 Å². The highest BCUT2D eigenvalue weighted by atomic mass is 16.5. The standard InChI is InChI=1S/C20H22N2O3/c1-13-6-3-4-9-16(13)17-11-18(17)20(24)22-15-8-5-7-14(10-15)21-19(23)12-25-2/h3-10,17-18H,11-12H2,1-2H3,(H,21,23)(H,22,24).